The van der Waals surface area contributed by atoms with E-state index in [0.717, 1.165) is 13.0 Å². The summed E-state index contributed by atoms with van der Waals surface area (Å²) < 4.78 is 13.6. The van der Waals surface area contributed by atoms with E-state index in [-0.39, 0.29) is 17.1 Å². The molecular weight excluding hydrogens is 231 g/mol. The maximum absolute atomic E-state index is 13.6. The van der Waals surface area contributed by atoms with Gasteiger partial charge in [0.25, 0.3) is 0 Å². The van der Waals surface area contributed by atoms with Gasteiger partial charge in [0.1, 0.15) is 5.82 Å². The predicted octanol–water partition coefficient (Wildman–Crippen LogP) is 2.48. The molecule has 1 saturated heterocycles. The van der Waals surface area contributed by atoms with Crippen LogP contribution in [0.5, 0.6) is 0 Å². The number of rotatable bonds is 3. The molecule has 1 heterocycles. The zero-order chi connectivity index (χ0) is 13.3. The van der Waals surface area contributed by atoms with Crippen molar-refractivity contribution in [1.29, 1.82) is 0 Å². The van der Waals surface area contributed by atoms with Crippen molar-refractivity contribution in [2.24, 2.45) is 5.41 Å². The van der Waals surface area contributed by atoms with Gasteiger partial charge in [-0.1, -0.05) is 26.0 Å². The number of hydrogen-bond acceptors (Lipinski definition) is 2. The quantitative estimate of drug-likeness (QED) is 0.822. The van der Waals surface area contributed by atoms with Gasteiger partial charge in [-0.15, -0.1) is 0 Å². The fraction of sp³-hybridized carbons (Fsp3) is 0.500. The van der Waals surface area contributed by atoms with Crippen molar-refractivity contribution in [1.82, 2.24) is 4.90 Å². The number of hydrogen-bond donors (Lipinski definition) is 0. The molecule has 1 fully saturated rings. The molecule has 0 unspecified atom stereocenters. The van der Waals surface area contributed by atoms with Crippen molar-refractivity contribution in [2.75, 3.05) is 25.2 Å². The first-order valence-corrected chi connectivity index (χ1v) is 6.17. The van der Waals surface area contributed by atoms with Crippen LogP contribution < -0.4 is 4.90 Å². The number of anilines is 1. The van der Waals surface area contributed by atoms with E-state index < -0.39 is 0 Å². The Morgan fingerprint density at radius 3 is 2.61 bits per heavy atom. The number of halogens is 1. The molecule has 4 heteroatoms. The van der Waals surface area contributed by atoms with Gasteiger partial charge in [0.15, 0.2) is 0 Å². The summed E-state index contributed by atoms with van der Waals surface area (Å²) in [5, 5.41) is 0. The van der Waals surface area contributed by atoms with Crippen LogP contribution in [0.25, 0.3) is 0 Å². The van der Waals surface area contributed by atoms with E-state index in [4.69, 9.17) is 0 Å². The number of amides is 1. The molecule has 1 amide bonds. The Kier molecular flexibility index (Phi) is 3.28. The molecule has 0 saturated carbocycles. The molecule has 98 valence electrons. The summed E-state index contributed by atoms with van der Waals surface area (Å²) in [6.07, 6.45) is 0.858. The predicted molar refractivity (Wildman–Crippen MR) is 69.8 cm³/mol. The summed E-state index contributed by atoms with van der Waals surface area (Å²) >= 11 is 0. The zero-order valence-electron chi connectivity index (χ0n) is 11.1. The number of nitrogens with zero attached hydrogens (tertiary/aromatic N) is 2. The van der Waals surface area contributed by atoms with Crippen LogP contribution in [-0.4, -0.2) is 31.1 Å². The standard InChI is InChI=1S/C14H19FN2O/c1-14(2)8-9-17(13(14)18)10-16(3)12-7-5-4-6-11(12)15/h4-7H,8-10H2,1-3H3. The SMILES string of the molecule is CN(CN1CCC(C)(C)C1=O)c1ccccc1F. The highest BCUT2D eigenvalue weighted by Crippen LogP contribution is 2.31. The molecule has 0 N–H and O–H groups in total. The Morgan fingerprint density at radius 1 is 1.39 bits per heavy atom. The van der Waals surface area contributed by atoms with Crippen molar-refractivity contribution in [3.63, 3.8) is 0 Å². The number of likely N-dealkylation sites (tertiary alicyclic amines) is 1. The average molecular weight is 250 g/mol. The second-order valence-electron chi connectivity index (χ2n) is 5.49. The summed E-state index contributed by atoms with van der Waals surface area (Å²) in [6, 6.07) is 6.62. The lowest BCUT2D eigenvalue weighted by Gasteiger charge is -2.27. The minimum atomic E-state index is -0.282. The Balaban J connectivity index is 2.07. The largest absolute Gasteiger partial charge is 0.354 e. The smallest absolute Gasteiger partial charge is 0.229 e. The normalized spacial score (nSPS) is 18.2. The first kappa shape index (κ1) is 12.9. The summed E-state index contributed by atoms with van der Waals surface area (Å²) in [6.45, 7) is 5.09. The lowest BCUT2D eigenvalue weighted by atomic mass is 9.92. The lowest BCUT2D eigenvalue weighted by molar-refractivity contribution is -0.134. The molecule has 2 rings (SSSR count). The number of carbonyl (C=O) groups is 1. The van der Waals surface area contributed by atoms with Crippen LogP contribution in [0.15, 0.2) is 24.3 Å². The van der Waals surface area contributed by atoms with Crippen LogP contribution in [0.2, 0.25) is 0 Å². The Hall–Kier alpha value is -1.58. The van der Waals surface area contributed by atoms with Crippen molar-refractivity contribution in [2.45, 2.75) is 20.3 Å². The maximum Gasteiger partial charge on any atom is 0.229 e. The van der Waals surface area contributed by atoms with Crippen molar-refractivity contribution < 1.29 is 9.18 Å². The molecule has 1 aromatic carbocycles. The first-order valence-electron chi connectivity index (χ1n) is 6.17. The third kappa shape index (κ3) is 2.33. The molecule has 18 heavy (non-hydrogen) atoms. The first-order chi connectivity index (χ1) is 8.42. The van der Waals surface area contributed by atoms with Gasteiger partial charge in [-0.2, -0.15) is 0 Å². The average Bonchev–Trinajstić information content (AvgIpc) is 2.57. The van der Waals surface area contributed by atoms with Crippen LogP contribution >= 0.6 is 0 Å². The van der Waals surface area contributed by atoms with Crippen molar-refractivity contribution in [3.8, 4) is 0 Å². The highest BCUT2D eigenvalue weighted by atomic mass is 19.1. The molecule has 1 aromatic rings. The van der Waals surface area contributed by atoms with E-state index in [9.17, 15) is 9.18 Å². The highest BCUT2D eigenvalue weighted by molar-refractivity contribution is 5.84. The molecule has 0 aliphatic carbocycles. The fourth-order valence-corrected chi connectivity index (χ4v) is 2.28. The van der Waals surface area contributed by atoms with Gasteiger partial charge in [0.05, 0.1) is 12.4 Å². The highest BCUT2D eigenvalue weighted by Gasteiger charge is 2.38. The zero-order valence-corrected chi connectivity index (χ0v) is 11.1. The summed E-state index contributed by atoms with van der Waals surface area (Å²) in [5.41, 5.74) is 0.241. The van der Waals surface area contributed by atoms with Gasteiger partial charge in [-0.05, 0) is 18.6 Å². The van der Waals surface area contributed by atoms with Crippen molar-refractivity contribution in [3.05, 3.63) is 30.1 Å². The molecule has 3 nitrogen and oxygen atoms in total. The van der Waals surface area contributed by atoms with E-state index >= 15 is 0 Å². The Bertz CT molecular complexity index is 459. The van der Waals surface area contributed by atoms with Crippen LogP contribution in [0.3, 0.4) is 0 Å². The second kappa shape index (κ2) is 4.59. The number of benzene rings is 1. The van der Waals surface area contributed by atoms with E-state index in [1.54, 1.807) is 35.0 Å². The minimum Gasteiger partial charge on any atom is -0.354 e. The number of carbonyl (C=O) groups excluding carboxylic acids is 1. The Morgan fingerprint density at radius 2 is 2.06 bits per heavy atom. The van der Waals surface area contributed by atoms with Gasteiger partial charge < -0.3 is 9.80 Å². The van der Waals surface area contributed by atoms with Crippen molar-refractivity contribution >= 4 is 11.6 Å². The number of para-hydroxylation sites is 1. The van der Waals surface area contributed by atoms with Crippen LogP contribution in [-0.2, 0) is 4.79 Å². The molecule has 0 radical (unpaired) electrons. The van der Waals surface area contributed by atoms with Crippen LogP contribution in [0.4, 0.5) is 10.1 Å². The van der Waals surface area contributed by atoms with Gasteiger partial charge in [0, 0.05) is 19.0 Å². The summed E-state index contributed by atoms with van der Waals surface area (Å²) in [7, 11) is 1.80. The van der Waals surface area contributed by atoms with Gasteiger partial charge >= 0.3 is 0 Å². The van der Waals surface area contributed by atoms with Gasteiger partial charge in [-0.3, -0.25) is 4.79 Å². The van der Waals surface area contributed by atoms with Crippen LogP contribution in [0.1, 0.15) is 20.3 Å². The minimum absolute atomic E-state index is 0.144. The van der Waals surface area contributed by atoms with Gasteiger partial charge in [0.2, 0.25) is 5.91 Å². The van der Waals surface area contributed by atoms with E-state index in [1.165, 1.54) is 6.07 Å². The topological polar surface area (TPSA) is 23.6 Å². The molecule has 0 aromatic heterocycles. The molecule has 1 aliphatic heterocycles. The van der Waals surface area contributed by atoms with E-state index in [1.807, 2.05) is 13.8 Å². The molecule has 0 bridgehead atoms. The molecule has 0 spiro atoms. The molecule has 0 atom stereocenters. The Labute approximate surface area is 107 Å². The summed E-state index contributed by atoms with van der Waals surface area (Å²) in [5.74, 6) is -0.114. The third-order valence-corrected chi connectivity index (χ3v) is 3.52. The van der Waals surface area contributed by atoms with E-state index in [2.05, 4.69) is 0 Å². The monoisotopic (exact) mass is 250 g/mol. The third-order valence-electron chi connectivity index (χ3n) is 3.52. The van der Waals surface area contributed by atoms with E-state index in [0.29, 0.717) is 12.4 Å². The lowest BCUT2D eigenvalue weighted by Crippen LogP contribution is -2.39. The molecule has 1 aliphatic rings. The van der Waals surface area contributed by atoms with Crippen LogP contribution in [0, 0.1) is 11.2 Å². The summed E-state index contributed by atoms with van der Waals surface area (Å²) in [4.78, 5) is 15.6. The molecular formula is C14H19FN2O. The maximum atomic E-state index is 13.6. The second-order valence-corrected chi connectivity index (χ2v) is 5.49. The van der Waals surface area contributed by atoms with Gasteiger partial charge in [-0.25, -0.2) is 4.39 Å². The fourth-order valence-electron chi connectivity index (χ4n) is 2.28.